The van der Waals surface area contributed by atoms with Gasteiger partial charge in [0.05, 0.1) is 23.3 Å². The molecule has 1 aromatic rings. The molecule has 96 valence electrons. The van der Waals surface area contributed by atoms with E-state index in [1.165, 1.54) is 12.1 Å². The molecule has 0 saturated heterocycles. The molecule has 0 bridgehead atoms. The van der Waals surface area contributed by atoms with E-state index in [1.807, 2.05) is 0 Å². The summed E-state index contributed by atoms with van der Waals surface area (Å²) in [5, 5.41) is 20.6. The minimum absolute atomic E-state index is 0.00554. The van der Waals surface area contributed by atoms with Crippen molar-refractivity contribution in [3.63, 3.8) is 0 Å². The summed E-state index contributed by atoms with van der Waals surface area (Å²) in [5.41, 5.74) is -1.00. The number of rotatable bonds is 2. The SMILES string of the molecule is N#Cc1ccc(NC2CC(O)C2)cc1C(F)(F)F. The highest BCUT2D eigenvalue weighted by atomic mass is 19.4. The van der Waals surface area contributed by atoms with Crippen molar-refractivity contribution in [1.82, 2.24) is 0 Å². The second kappa shape index (κ2) is 4.50. The Morgan fingerprint density at radius 3 is 2.50 bits per heavy atom. The van der Waals surface area contributed by atoms with Crippen molar-refractivity contribution < 1.29 is 18.3 Å². The van der Waals surface area contributed by atoms with Crippen LogP contribution in [0.2, 0.25) is 0 Å². The average molecular weight is 256 g/mol. The number of nitriles is 1. The Morgan fingerprint density at radius 1 is 1.33 bits per heavy atom. The normalized spacial score (nSPS) is 23.1. The van der Waals surface area contributed by atoms with E-state index in [-0.39, 0.29) is 17.7 Å². The number of aliphatic hydroxyl groups is 1. The lowest BCUT2D eigenvalue weighted by molar-refractivity contribution is -0.137. The second-order valence-corrected chi connectivity index (χ2v) is 4.34. The summed E-state index contributed by atoms with van der Waals surface area (Å²) in [5.74, 6) is 0. The molecule has 0 heterocycles. The van der Waals surface area contributed by atoms with Crippen molar-refractivity contribution in [1.29, 1.82) is 5.26 Å². The lowest BCUT2D eigenvalue weighted by atomic mass is 9.89. The molecular weight excluding hydrogens is 245 g/mol. The molecule has 1 aromatic carbocycles. The van der Waals surface area contributed by atoms with Crippen LogP contribution in [0.15, 0.2) is 18.2 Å². The molecule has 1 saturated carbocycles. The van der Waals surface area contributed by atoms with Crippen LogP contribution in [0.25, 0.3) is 0 Å². The number of hydrogen-bond donors (Lipinski definition) is 2. The van der Waals surface area contributed by atoms with Crippen LogP contribution in [-0.2, 0) is 6.18 Å². The first-order chi connectivity index (χ1) is 8.40. The van der Waals surface area contributed by atoms with Crippen molar-refractivity contribution in [2.24, 2.45) is 0 Å². The number of hydrogen-bond acceptors (Lipinski definition) is 3. The highest BCUT2D eigenvalue weighted by molar-refractivity contribution is 5.53. The molecule has 6 heteroatoms. The van der Waals surface area contributed by atoms with Crippen LogP contribution < -0.4 is 5.32 Å². The van der Waals surface area contributed by atoms with E-state index in [9.17, 15) is 13.2 Å². The molecule has 0 spiro atoms. The smallest absolute Gasteiger partial charge is 0.393 e. The van der Waals surface area contributed by atoms with Crippen molar-refractivity contribution in [3.8, 4) is 6.07 Å². The number of benzene rings is 1. The molecule has 0 aliphatic heterocycles. The van der Waals surface area contributed by atoms with Gasteiger partial charge in [0.2, 0.25) is 0 Å². The molecular formula is C12H11F3N2O. The molecule has 18 heavy (non-hydrogen) atoms. The third-order valence-electron chi connectivity index (χ3n) is 2.93. The van der Waals surface area contributed by atoms with Crippen molar-refractivity contribution in [2.45, 2.75) is 31.2 Å². The van der Waals surface area contributed by atoms with Gasteiger partial charge in [0.25, 0.3) is 0 Å². The molecule has 0 aromatic heterocycles. The van der Waals surface area contributed by atoms with E-state index < -0.39 is 11.7 Å². The summed E-state index contributed by atoms with van der Waals surface area (Å²) in [6.45, 7) is 0. The monoisotopic (exact) mass is 256 g/mol. The maximum Gasteiger partial charge on any atom is 0.417 e. The number of aliphatic hydroxyl groups excluding tert-OH is 1. The third kappa shape index (κ3) is 2.57. The summed E-state index contributed by atoms with van der Waals surface area (Å²) < 4.78 is 38.1. The van der Waals surface area contributed by atoms with Gasteiger partial charge in [-0.1, -0.05) is 0 Å². The summed E-state index contributed by atoms with van der Waals surface area (Å²) >= 11 is 0. The van der Waals surface area contributed by atoms with Gasteiger partial charge in [-0.25, -0.2) is 0 Å². The second-order valence-electron chi connectivity index (χ2n) is 4.34. The topological polar surface area (TPSA) is 56.0 Å². The Labute approximate surface area is 102 Å². The third-order valence-corrected chi connectivity index (χ3v) is 2.93. The summed E-state index contributed by atoms with van der Waals surface area (Å²) in [6.07, 6.45) is -3.85. The molecule has 2 N–H and O–H groups in total. The zero-order chi connectivity index (χ0) is 13.3. The number of alkyl halides is 3. The first-order valence-corrected chi connectivity index (χ1v) is 5.46. The van der Waals surface area contributed by atoms with Crippen LogP contribution in [0, 0.1) is 11.3 Å². The Bertz CT molecular complexity index is 487. The van der Waals surface area contributed by atoms with Crippen molar-refractivity contribution in [2.75, 3.05) is 5.32 Å². The van der Waals surface area contributed by atoms with E-state index >= 15 is 0 Å². The fourth-order valence-corrected chi connectivity index (χ4v) is 1.91. The van der Waals surface area contributed by atoms with Crippen molar-refractivity contribution in [3.05, 3.63) is 29.3 Å². The zero-order valence-corrected chi connectivity index (χ0v) is 9.33. The maximum absolute atomic E-state index is 12.7. The first kappa shape index (κ1) is 12.7. The molecule has 2 rings (SSSR count). The molecule has 0 amide bonds. The van der Waals surface area contributed by atoms with Crippen LogP contribution in [0.1, 0.15) is 24.0 Å². The Hall–Kier alpha value is -1.74. The Balaban J connectivity index is 2.21. The molecule has 1 aliphatic carbocycles. The first-order valence-electron chi connectivity index (χ1n) is 5.46. The predicted octanol–water partition coefficient (Wildman–Crippen LogP) is 2.51. The zero-order valence-electron chi connectivity index (χ0n) is 9.33. The minimum Gasteiger partial charge on any atom is -0.393 e. The van der Waals surface area contributed by atoms with E-state index in [1.54, 1.807) is 0 Å². The van der Waals surface area contributed by atoms with E-state index in [2.05, 4.69) is 5.32 Å². The number of nitrogens with one attached hydrogen (secondary N) is 1. The van der Waals surface area contributed by atoms with Gasteiger partial charge in [-0.3, -0.25) is 0 Å². The standard InChI is InChI=1S/C12H11F3N2O/c13-12(14,15)11-5-8(2-1-7(11)6-16)17-9-3-10(18)4-9/h1-2,5,9-10,17-18H,3-4H2. The van der Waals surface area contributed by atoms with E-state index in [0.717, 1.165) is 12.1 Å². The van der Waals surface area contributed by atoms with Gasteiger partial charge >= 0.3 is 6.18 Å². The fourth-order valence-electron chi connectivity index (χ4n) is 1.91. The van der Waals surface area contributed by atoms with Gasteiger partial charge < -0.3 is 10.4 Å². The van der Waals surface area contributed by atoms with E-state index in [0.29, 0.717) is 18.5 Å². The lowest BCUT2D eigenvalue weighted by Crippen LogP contribution is -2.39. The van der Waals surface area contributed by atoms with Gasteiger partial charge in [0, 0.05) is 11.7 Å². The molecule has 0 unspecified atom stereocenters. The highest BCUT2D eigenvalue weighted by Gasteiger charge is 2.34. The Kier molecular flexibility index (Phi) is 3.18. The quantitative estimate of drug-likeness (QED) is 0.854. The van der Waals surface area contributed by atoms with Crippen LogP contribution in [0.3, 0.4) is 0 Å². The average Bonchev–Trinajstić information content (AvgIpc) is 2.26. The van der Waals surface area contributed by atoms with Gasteiger partial charge in [0.15, 0.2) is 0 Å². The van der Waals surface area contributed by atoms with Crippen molar-refractivity contribution >= 4 is 5.69 Å². The number of nitrogens with zero attached hydrogens (tertiary/aromatic N) is 1. The maximum atomic E-state index is 12.7. The summed E-state index contributed by atoms with van der Waals surface area (Å²) in [6, 6.07) is 5.05. The predicted molar refractivity (Wildman–Crippen MR) is 58.8 cm³/mol. The summed E-state index contributed by atoms with van der Waals surface area (Å²) in [4.78, 5) is 0. The van der Waals surface area contributed by atoms with Gasteiger partial charge in [0.1, 0.15) is 0 Å². The minimum atomic E-state index is -4.54. The molecule has 1 fully saturated rings. The fraction of sp³-hybridized carbons (Fsp3) is 0.417. The molecule has 0 atom stereocenters. The molecule has 1 aliphatic rings. The van der Waals surface area contributed by atoms with Gasteiger partial charge in [-0.15, -0.1) is 0 Å². The Morgan fingerprint density at radius 2 is 2.00 bits per heavy atom. The summed E-state index contributed by atoms with van der Waals surface area (Å²) in [7, 11) is 0. The molecule has 0 radical (unpaired) electrons. The van der Waals surface area contributed by atoms with Gasteiger partial charge in [-0.2, -0.15) is 18.4 Å². The van der Waals surface area contributed by atoms with E-state index in [4.69, 9.17) is 10.4 Å². The highest BCUT2D eigenvalue weighted by Crippen LogP contribution is 2.34. The van der Waals surface area contributed by atoms with Crippen LogP contribution in [0.5, 0.6) is 0 Å². The number of halogens is 3. The van der Waals surface area contributed by atoms with Crippen LogP contribution in [0.4, 0.5) is 18.9 Å². The van der Waals surface area contributed by atoms with Gasteiger partial charge in [-0.05, 0) is 31.0 Å². The van der Waals surface area contributed by atoms with Crippen LogP contribution in [-0.4, -0.2) is 17.3 Å². The van der Waals surface area contributed by atoms with Crippen LogP contribution >= 0.6 is 0 Å². The largest absolute Gasteiger partial charge is 0.417 e. The number of anilines is 1. The molecule has 3 nitrogen and oxygen atoms in total. The lowest BCUT2D eigenvalue weighted by Gasteiger charge is -2.33.